The molecule has 8 nitrogen and oxygen atoms in total. The molecule has 1 aliphatic heterocycles. The third-order valence-corrected chi connectivity index (χ3v) is 7.19. The number of ketones is 1. The van der Waals surface area contributed by atoms with Gasteiger partial charge in [-0.2, -0.15) is 0 Å². The molecule has 1 aromatic carbocycles. The molecule has 2 atom stereocenters. The summed E-state index contributed by atoms with van der Waals surface area (Å²) in [6, 6.07) is 5.88. The highest BCUT2D eigenvalue weighted by atomic mass is 32.1. The number of hydrogen-bond acceptors (Lipinski definition) is 7. The Morgan fingerprint density at radius 1 is 1.16 bits per heavy atom. The number of thiazole rings is 1. The normalized spacial score (nSPS) is 20.1. The number of nitrogens with two attached hydrogens (primary N) is 1. The first-order valence-corrected chi connectivity index (χ1v) is 11.9. The van der Waals surface area contributed by atoms with E-state index in [0.717, 1.165) is 44.9 Å². The summed E-state index contributed by atoms with van der Waals surface area (Å²) in [6.45, 7) is 0.546. The number of carbonyl (C=O) groups excluding carboxylic acids is 3. The van der Waals surface area contributed by atoms with E-state index in [0.29, 0.717) is 17.1 Å². The molecule has 1 saturated heterocycles. The summed E-state index contributed by atoms with van der Waals surface area (Å²) in [5.74, 6) is -0.517. The number of carbonyl (C=O) groups is 3. The van der Waals surface area contributed by atoms with Gasteiger partial charge in [0.25, 0.3) is 5.91 Å². The second kappa shape index (κ2) is 9.68. The topological polar surface area (TPSA) is 123 Å². The fraction of sp³-hybridized carbons (Fsp3) is 0.478. The second-order valence-electron chi connectivity index (χ2n) is 8.40. The lowest BCUT2D eigenvalue weighted by Crippen LogP contribution is -2.46. The van der Waals surface area contributed by atoms with Crippen LogP contribution in [0.2, 0.25) is 0 Å². The van der Waals surface area contributed by atoms with Crippen LogP contribution in [0.3, 0.4) is 0 Å². The highest BCUT2D eigenvalue weighted by Crippen LogP contribution is 2.37. The summed E-state index contributed by atoms with van der Waals surface area (Å²) in [6.07, 6.45) is 4.53. The Bertz CT molecular complexity index is 1000. The Morgan fingerprint density at radius 2 is 1.94 bits per heavy atom. The fourth-order valence-electron chi connectivity index (χ4n) is 4.70. The Morgan fingerprint density at radius 3 is 2.66 bits per heavy atom. The number of aromatic hydroxyl groups is 1. The molecule has 9 heteroatoms. The largest absolute Gasteiger partial charge is 0.508 e. The van der Waals surface area contributed by atoms with Crippen LogP contribution in [0.5, 0.6) is 5.75 Å². The summed E-state index contributed by atoms with van der Waals surface area (Å²) in [4.78, 5) is 44.0. The number of amides is 2. The molecule has 2 aromatic rings. The number of primary amides is 1. The van der Waals surface area contributed by atoms with Gasteiger partial charge in [0.15, 0.2) is 6.10 Å². The number of aromatic nitrogens is 1. The van der Waals surface area contributed by atoms with E-state index in [1.807, 2.05) is 0 Å². The van der Waals surface area contributed by atoms with E-state index in [1.54, 1.807) is 22.4 Å². The third-order valence-electron chi connectivity index (χ3n) is 6.25. The van der Waals surface area contributed by atoms with Crippen LogP contribution in [0.15, 0.2) is 29.6 Å². The van der Waals surface area contributed by atoms with Crippen molar-refractivity contribution in [1.82, 2.24) is 9.88 Å². The van der Waals surface area contributed by atoms with Gasteiger partial charge in [0.2, 0.25) is 5.78 Å². The lowest BCUT2D eigenvalue weighted by molar-refractivity contribution is -0.144. The van der Waals surface area contributed by atoms with E-state index in [2.05, 4.69) is 4.98 Å². The van der Waals surface area contributed by atoms with Gasteiger partial charge in [0, 0.05) is 23.4 Å². The van der Waals surface area contributed by atoms with Crippen molar-refractivity contribution in [3.8, 4) is 5.75 Å². The van der Waals surface area contributed by atoms with E-state index < -0.39 is 12.2 Å². The van der Waals surface area contributed by atoms with Gasteiger partial charge in [0.05, 0.1) is 6.04 Å². The summed E-state index contributed by atoms with van der Waals surface area (Å²) in [7, 11) is 0. The number of ether oxygens (including phenoxy) is 1. The lowest BCUT2D eigenvalue weighted by Gasteiger charge is -2.33. The van der Waals surface area contributed by atoms with Gasteiger partial charge < -0.3 is 20.5 Å². The highest BCUT2D eigenvalue weighted by molar-refractivity contribution is 7.10. The predicted molar refractivity (Wildman–Crippen MR) is 118 cm³/mol. The van der Waals surface area contributed by atoms with Gasteiger partial charge in [-0.15, -0.1) is 11.3 Å². The maximum Gasteiger partial charge on any atom is 0.405 e. The van der Waals surface area contributed by atoms with Crippen LogP contribution in [-0.4, -0.2) is 45.4 Å². The number of likely N-dealkylation sites (tertiary alicyclic amines) is 1. The first-order valence-electron chi connectivity index (χ1n) is 11.0. The van der Waals surface area contributed by atoms with Crippen LogP contribution in [-0.2, 0) is 9.53 Å². The number of benzene rings is 1. The minimum Gasteiger partial charge on any atom is -0.508 e. The quantitative estimate of drug-likeness (QED) is 0.636. The summed E-state index contributed by atoms with van der Waals surface area (Å²) in [5.41, 5.74) is 5.93. The van der Waals surface area contributed by atoms with E-state index in [1.165, 1.54) is 23.5 Å². The molecule has 2 heterocycles. The SMILES string of the molecule is NC(=O)O[C@H](C(=O)N1CCC[C@H]1c1nc(C(=O)c2cccc(O)c2)cs1)C1CCCCC1. The van der Waals surface area contributed by atoms with Crippen molar-refractivity contribution < 1.29 is 24.2 Å². The molecule has 2 aliphatic rings. The number of nitrogens with zero attached hydrogens (tertiary/aromatic N) is 2. The van der Waals surface area contributed by atoms with Gasteiger partial charge in [0.1, 0.15) is 16.5 Å². The van der Waals surface area contributed by atoms with Crippen molar-refractivity contribution in [2.45, 2.75) is 57.1 Å². The van der Waals surface area contributed by atoms with E-state index in [4.69, 9.17) is 10.5 Å². The average Bonchev–Trinajstić information content (AvgIpc) is 3.46. The van der Waals surface area contributed by atoms with Crippen molar-refractivity contribution in [3.63, 3.8) is 0 Å². The lowest BCUT2D eigenvalue weighted by atomic mass is 9.84. The van der Waals surface area contributed by atoms with Crippen LogP contribution < -0.4 is 5.73 Å². The molecule has 1 aromatic heterocycles. The zero-order valence-corrected chi connectivity index (χ0v) is 18.6. The first-order chi connectivity index (χ1) is 15.4. The van der Waals surface area contributed by atoms with Crippen LogP contribution >= 0.6 is 11.3 Å². The molecule has 0 spiro atoms. The highest BCUT2D eigenvalue weighted by Gasteiger charge is 2.40. The molecule has 4 rings (SSSR count). The van der Waals surface area contributed by atoms with Gasteiger partial charge >= 0.3 is 6.09 Å². The summed E-state index contributed by atoms with van der Waals surface area (Å²) >= 11 is 1.34. The zero-order valence-electron chi connectivity index (χ0n) is 17.7. The summed E-state index contributed by atoms with van der Waals surface area (Å²) in [5, 5.41) is 12.0. The Labute approximate surface area is 190 Å². The third kappa shape index (κ3) is 4.77. The van der Waals surface area contributed by atoms with Crippen molar-refractivity contribution in [3.05, 3.63) is 45.9 Å². The number of rotatable bonds is 6. The molecule has 3 N–H and O–H groups in total. The number of phenolic OH excluding ortho intramolecular Hbond substituents is 1. The Balaban J connectivity index is 1.53. The zero-order chi connectivity index (χ0) is 22.7. The Hall–Kier alpha value is -2.94. The monoisotopic (exact) mass is 457 g/mol. The van der Waals surface area contributed by atoms with Gasteiger partial charge in [-0.3, -0.25) is 9.59 Å². The van der Waals surface area contributed by atoms with Crippen LogP contribution in [0.25, 0.3) is 0 Å². The molecule has 2 fully saturated rings. The molecular weight excluding hydrogens is 430 g/mol. The van der Waals surface area contributed by atoms with Crippen molar-refractivity contribution in [1.29, 1.82) is 0 Å². The smallest absolute Gasteiger partial charge is 0.405 e. The van der Waals surface area contributed by atoms with Crippen molar-refractivity contribution >= 4 is 29.1 Å². The van der Waals surface area contributed by atoms with Gasteiger partial charge in [-0.1, -0.05) is 31.4 Å². The average molecular weight is 458 g/mol. The maximum atomic E-state index is 13.4. The molecule has 32 heavy (non-hydrogen) atoms. The molecule has 1 saturated carbocycles. The first kappa shape index (κ1) is 22.3. The van der Waals surface area contributed by atoms with Crippen molar-refractivity contribution in [2.75, 3.05) is 6.54 Å². The molecular formula is C23H27N3O5S. The molecule has 2 amide bonds. The van der Waals surface area contributed by atoms with Gasteiger partial charge in [-0.25, -0.2) is 9.78 Å². The van der Waals surface area contributed by atoms with Gasteiger partial charge in [-0.05, 0) is 37.8 Å². The van der Waals surface area contributed by atoms with Crippen LogP contribution in [0.1, 0.15) is 72.0 Å². The number of phenols is 1. The number of hydrogen-bond donors (Lipinski definition) is 2. The predicted octanol–water partition coefficient (Wildman–Crippen LogP) is 3.79. The molecule has 1 aliphatic carbocycles. The van der Waals surface area contributed by atoms with E-state index in [-0.39, 0.29) is 35.1 Å². The van der Waals surface area contributed by atoms with E-state index >= 15 is 0 Å². The maximum absolute atomic E-state index is 13.4. The standard InChI is InChI=1S/C23H27N3O5S/c24-23(30)31-20(14-6-2-1-3-7-14)22(29)26-11-5-10-18(26)21-25-17(13-32-21)19(28)15-8-4-9-16(27)12-15/h4,8-9,12-14,18,20,27H,1-3,5-7,10-11H2,(H2,24,30)/t18-,20-/m0/s1. The van der Waals surface area contributed by atoms with Crippen LogP contribution in [0.4, 0.5) is 4.79 Å². The van der Waals surface area contributed by atoms with Crippen molar-refractivity contribution in [2.24, 2.45) is 11.7 Å². The summed E-state index contributed by atoms with van der Waals surface area (Å²) < 4.78 is 5.31. The minimum absolute atomic E-state index is 0.0158. The second-order valence-corrected chi connectivity index (χ2v) is 9.29. The molecule has 0 bridgehead atoms. The molecule has 0 unspecified atom stereocenters. The minimum atomic E-state index is -0.932. The van der Waals surface area contributed by atoms with Crippen LogP contribution in [0, 0.1) is 5.92 Å². The molecule has 0 radical (unpaired) electrons. The Kier molecular flexibility index (Phi) is 6.74. The van der Waals surface area contributed by atoms with E-state index in [9.17, 15) is 19.5 Å². The fourth-order valence-corrected chi connectivity index (χ4v) is 5.65. The molecule has 170 valence electrons.